The Labute approximate surface area is 183 Å². The maximum atomic E-state index is 12.5. The van der Waals surface area contributed by atoms with E-state index in [1.807, 2.05) is 30.5 Å². The molecule has 0 radical (unpaired) electrons. The van der Waals surface area contributed by atoms with Gasteiger partial charge in [0.15, 0.2) is 0 Å². The summed E-state index contributed by atoms with van der Waals surface area (Å²) >= 11 is 0. The summed E-state index contributed by atoms with van der Waals surface area (Å²) < 4.78 is 1.70. The molecule has 162 valence electrons. The summed E-state index contributed by atoms with van der Waals surface area (Å²) in [4.78, 5) is 36.6. The van der Waals surface area contributed by atoms with Crippen LogP contribution in [0, 0.1) is 0 Å². The first-order chi connectivity index (χ1) is 15.5. The topological polar surface area (TPSA) is 135 Å². The lowest BCUT2D eigenvalue weighted by molar-refractivity contribution is -0.120. The van der Waals surface area contributed by atoms with E-state index in [0.29, 0.717) is 11.4 Å². The molecule has 0 saturated heterocycles. The SMILES string of the molecule is NC(=O)C1CC(C(=O)NCC(=O)Nc2ccc(-n3cccn3)cc2)=NN1c1ccccc1. The number of para-hydroxylation sites is 1. The molecular formula is C22H21N7O3. The maximum absolute atomic E-state index is 12.5. The van der Waals surface area contributed by atoms with Gasteiger partial charge >= 0.3 is 0 Å². The second-order valence-corrected chi connectivity index (χ2v) is 7.08. The van der Waals surface area contributed by atoms with Crippen LogP contribution < -0.4 is 21.4 Å². The highest BCUT2D eigenvalue weighted by Crippen LogP contribution is 2.24. The normalized spacial score (nSPS) is 15.2. The number of amides is 3. The summed E-state index contributed by atoms with van der Waals surface area (Å²) in [6, 6.07) is 17.1. The number of rotatable bonds is 7. The zero-order valence-corrected chi connectivity index (χ0v) is 17.0. The molecule has 0 spiro atoms. The van der Waals surface area contributed by atoms with Gasteiger partial charge in [0.2, 0.25) is 11.8 Å². The monoisotopic (exact) mass is 431 g/mol. The Balaban J connectivity index is 1.34. The van der Waals surface area contributed by atoms with Gasteiger partial charge in [0, 0.05) is 24.5 Å². The van der Waals surface area contributed by atoms with Gasteiger partial charge in [0.1, 0.15) is 11.8 Å². The van der Waals surface area contributed by atoms with Gasteiger partial charge in [-0.05, 0) is 42.5 Å². The molecule has 4 rings (SSSR count). The largest absolute Gasteiger partial charge is 0.368 e. The van der Waals surface area contributed by atoms with Crippen LogP contribution >= 0.6 is 0 Å². The summed E-state index contributed by atoms with van der Waals surface area (Å²) in [5.41, 5.74) is 7.70. The second-order valence-electron chi connectivity index (χ2n) is 7.08. The Kier molecular flexibility index (Phi) is 5.93. The highest BCUT2D eigenvalue weighted by molar-refractivity contribution is 6.40. The van der Waals surface area contributed by atoms with Crippen LogP contribution in [-0.4, -0.2) is 45.8 Å². The van der Waals surface area contributed by atoms with E-state index in [4.69, 9.17) is 5.73 Å². The first-order valence-corrected chi connectivity index (χ1v) is 9.90. The zero-order chi connectivity index (χ0) is 22.5. The van der Waals surface area contributed by atoms with Gasteiger partial charge in [0.25, 0.3) is 5.91 Å². The number of benzene rings is 2. The van der Waals surface area contributed by atoms with Crippen molar-refractivity contribution in [3.8, 4) is 5.69 Å². The van der Waals surface area contributed by atoms with E-state index in [-0.39, 0.29) is 18.7 Å². The molecule has 1 aliphatic rings. The fourth-order valence-electron chi connectivity index (χ4n) is 3.27. The van der Waals surface area contributed by atoms with Gasteiger partial charge in [-0.25, -0.2) is 4.68 Å². The van der Waals surface area contributed by atoms with E-state index in [1.54, 1.807) is 47.3 Å². The van der Waals surface area contributed by atoms with Crippen molar-refractivity contribution in [2.45, 2.75) is 12.5 Å². The third-order valence-electron chi connectivity index (χ3n) is 4.85. The molecule has 0 bridgehead atoms. The summed E-state index contributed by atoms with van der Waals surface area (Å²) in [5, 5.41) is 15.1. The Morgan fingerprint density at radius 2 is 1.75 bits per heavy atom. The van der Waals surface area contributed by atoms with Crippen molar-refractivity contribution >= 4 is 34.8 Å². The number of carbonyl (C=O) groups is 3. The number of nitrogens with zero attached hydrogens (tertiary/aromatic N) is 4. The van der Waals surface area contributed by atoms with Crippen LogP contribution in [0.15, 0.2) is 78.2 Å². The predicted octanol–water partition coefficient (Wildman–Crippen LogP) is 1.05. The van der Waals surface area contributed by atoms with Crippen LogP contribution in [0.5, 0.6) is 0 Å². The van der Waals surface area contributed by atoms with Gasteiger partial charge in [-0.3, -0.25) is 19.4 Å². The van der Waals surface area contributed by atoms with Crippen LogP contribution in [0.1, 0.15) is 6.42 Å². The van der Waals surface area contributed by atoms with E-state index in [9.17, 15) is 14.4 Å². The summed E-state index contributed by atoms with van der Waals surface area (Å²) in [5.74, 6) is -1.51. The molecule has 4 N–H and O–H groups in total. The lowest BCUT2D eigenvalue weighted by Gasteiger charge is -2.20. The quantitative estimate of drug-likeness (QED) is 0.514. The summed E-state index contributed by atoms with van der Waals surface area (Å²) in [6.45, 7) is -0.245. The smallest absolute Gasteiger partial charge is 0.268 e. The Morgan fingerprint density at radius 1 is 1.00 bits per heavy atom. The van der Waals surface area contributed by atoms with Crippen molar-refractivity contribution in [1.29, 1.82) is 0 Å². The minimum Gasteiger partial charge on any atom is -0.368 e. The van der Waals surface area contributed by atoms with E-state index >= 15 is 0 Å². The van der Waals surface area contributed by atoms with Crippen LogP contribution in [0.3, 0.4) is 0 Å². The molecular weight excluding hydrogens is 410 g/mol. The highest BCUT2D eigenvalue weighted by atomic mass is 16.2. The minimum atomic E-state index is -0.764. The number of carbonyl (C=O) groups excluding carboxylic acids is 3. The average Bonchev–Trinajstić information content (AvgIpc) is 3.49. The lowest BCUT2D eigenvalue weighted by atomic mass is 10.1. The third-order valence-corrected chi connectivity index (χ3v) is 4.85. The molecule has 2 heterocycles. The molecule has 1 unspecified atom stereocenters. The Bertz CT molecular complexity index is 1140. The van der Waals surface area contributed by atoms with E-state index < -0.39 is 23.8 Å². The van der Waals surface area contributed by atoms with E-state index in [0.717, 1.165) is 5.69 Å². The standard InChI is InChI=1S/C22H21N7O3/c23-21(31)19-13-18(27-29(19)17-5-2-1-3-6-17)22(32)24-14-20(30)26-15-7-9-16(10-8-15)28-12-4-11-25-28/h1-12,19H,13-14H2,(H2,23,31)(H,24,32)(H,26,30). The van der Waals surface area contributed by atoms with E-state index in [2.05, 4.69) is 20.8 Å². The average molecular weight is 431 g/mol. The van der Waals surface area contributed by atoms with Gasteiger partial charge < -0.3 is 16.4 Å². The molecule has 32 heavy (non-hydrogen) atoms. The van der Waals surface area contributed by atoms with Crippen LogP contribution in [-0.2, 0) is 14.4 Å². The minimum absolute atomic E-state index is 0.0621. The lowest BCUT2D eigenvalue weighted by Crippen LogP contribution is -2.40. The molecule has 0 fully saturated rings. The fourth-order valence-corrected chi connectivity index (χ4v) is 3.27. The number of nitrogens with two attached hydrogens (primary N) is 1. The molecule has 3 amide bonds. The van der Waals surface area contributed by atoms with Crippen molar-refractivity contribution in [2.24, 2.45) is 10.8 Å². The molecule has 1 atom stereocenters. The molecule has 1 aliphatic heterocycles. The summed E-state index contributed by atoms with van der Waals surface area (Å²) in [6.07, 6.45) is 3.56. The molecule has 10 heteroatoms. The Morgan fingerprint density at radius 3 is 2.41 bits per heavy atom. The number of hydrazone groups is 1. The Hall–Kier alpha value is -4.47. The third kappa shape index (κ3) is 4.64. The molecule has 10 nitrogen and oxygen atoms in total. The van der Waals surface area contributed by atoms with Crippen LogP contribution in [0.25, 0.3) is 5.69 Å². The number of hydrogen-bond donors (Lipinski definition) is 3. The van der Waals surface area contributed by atoms with Gasteiger partial charge in [-0.15, -0.1) is 0 Å². The van der Waals surface area contributed by atoms with Crippen molar-refractivity contribution in [1.82, 2.24) is 15.1 Å². The number of aromatic nitrogens is 2. The number of anilines is 2. The number of hydrogen-bond acceptors (Lipinski definition) is 6. The van der Waals surface area contributed by atoms with Crippen molar-refractivity contribution in [2.75, 3.05) is 16.9 Å². The van der Waals surface area contributed by atoms with Crippen LogP contribution in [0.2, 0.25) is 0 Å². The molecule has 2 aromatic carbocycles. The number of nitrogens with one attached hydrogen (secondary N) is 2. The van der Waals surface area contributed by atoms with E-state index in [1.165, 1.54) is 5.01 Å². The first kappa shape index (κ1) is 20.8. The fraction of sp³-hybridized carbons (Fsp3) is 0.136. The maximum Gasteiger partial charge on any atom is 0.268 e. The van der Waals surface area contributed by atoms with Gasteiger partial charge in [-0.2, -0.15) is 10.2 Å². The van der Waals surface area contributed by atoms with Crippen LogP contribution in [0.4, 0.5) is 11.4 Å². The second kappa shape index (κ2) is 9.13. The first-order valence-electron chi connectivity index (χ1n) is 9.90. The van der Waals surface area contributed by atoms with Crippen molar-refractivity contribution < 1.29 is 14.4 Å². The van der Waals surface area contributed by atoms with Gasteiger partial charge in [0.05, 0.1) is 17.9 Å². The molecule has 0 aliphatic carbocycles. The van der Waals surface area contributed by atoms with Crippen molar-refractivity contribution in [3.63, 3.8) is 0 Å². The highest BCUT2D eigenvalue weighted by Gasteiger charge is 2.34. The predicted molar refractivity (Wildman–Crippen MR) is 119 cm³/mol. The number of primary amides is 1. The van der Waals surface area contributed by atoms with Gasteiger partial charge in [-0.1, -0.05) is 18.2 Å². The van der Waals surface area contributed by atoms with Crippen molar-refractivity contribution in [3.05, 3.63) is 73.1 Å². The molecule has 0 saturated carbocycles. The zero-order valence-electron chi connectivity index (χ0n) is 17.0. The molecule has 3 aromatic rings. The summed E-state index contributed by atoms with van der Waals surface area (Å²) in [7, 11) is 0. The molecule has 1 aromatic heterocycles.